The van der Waals surface area contributed by atoms with Gasteiger partial charge in [0, 0.05) is 24.8 Å². The maximum Gasteiger partial charge on any atom is 0.252 e. The summed E-state index contributed by atoms with van der Waals surface area (Å²) < 4.78 is 8.08. The molecule has 1 unspecified atom stereocenters. The van der Waals surface area contributed by atoms with Gasteiger partial charge in [0.1, 0.15) is 29.3 Å². The van der Waals surface area contributed by atoms with Gasteiger partial charge in [0.2, 0.25) is 5.70 Å². The molecule has 8 heteroatoms. The largest absolute Gasteiger partial charge is 0.457 e. The van der Waals surface area contributed by atoms with Crippen LogP contribution in [0.1, 0.15) is 31.7 Å². The highest BCUT2D eigenvalue weighted by Gasteiger charge is 2.30. The number of benzene rings is 2. The summed E-state index contributed by atoms with van der Waals surface area (Å²) in [6, 6.07) is 17.6. The zero-order valence-electron chi connectivity index (χ0n) is 21.0. The molecule has 0 radical (unpaired) electrons. The number of hydrogen-bond donors (Lipinski definition) is 1. The number of nitrogens with zero attached hydrogens (tertiary/aromatic N) is 5. The zero-order chi connectivity index (χ0) is 26.1. The first kappa shape index (κ1) is 23.7. The van der Waals surface area contributed by atoms with Gasteiger partial charge in [-0.3, -0.25) is 4.79 Å². The maximum atomic E-state index is 13.2. The van der Waals surface area contributed by atoms with Crippen LogP contribution in [0.5, 0.6) is 11.5 Å². The summed E-state index contributed by atoms with van der Waals surface area (Å²) in [5, 5.41) is 0.795. The summed E-state index contributed by atoms with van der Waals surface area (Å²) in [5.74, 6) is 2.14. The highest BCUT2D eigenvalue weighted by atomic mass is 16.5. The molecule has 1 aliphatic heterocycles. The molecule has 2 fully saturated rings. The van der Waals surface area contributed by atoms with Crippen LogP contribution in [0.4, 0.5) is 5.82 Å². The number of nitrogens with two attached hydrogens (primary N) is 1. The number of para-hydroxylation sites is 1. The van der Waals surface area contributed by atoms with E-state index >= 15 is 0 Å². The summed E-state index contributed by atoms with van der Waals surface area (Å²) >= 11 is 0. The topological polar surface area (TPSA) is 90.6 Å². The monoisotopic (exact) mass is 504 g/mol. The minimum absolute atomic E-state index is 0.0202. The molecule has 2 N–H and O–H groups in total. The van der Waals surface area contributed by atoms with Crippen LogP contribution in [-0.4, -0.2) is 38.4 Å². The Kier molecular flexibility index (Phi) is 6.26. The summed E-state index contributed by atoms with van der Waals surface area (Å²) in [5.41, 5.74) is 9.26. The summed E-state index contributed by atoms with van der Waals surface area (Å²) in [7, 11) is 0. The standard InChI is InChI=1S/C30H28N6O2/c1-32-26(16-20-9-10-20)30(37)35-15-5-6-22(17-35)36-18-25(27-28(31)33-19-34-29(27)36)21-11-13-24(14-12-21)38-23-7-3-2-4-8-23/h2-4,7-8,11-14,16,18-20,22H,5-6,9-10,15,17H2,(H2,31,33,34)/b26-16+. The predicted molar refractivity (Wildman–Crippen MR) is 146 cm³/mol. The van der Waals surface area contributed by atoms with Crippen molar-refractivity contribution in [2.45, 2.75) is 31.7 Å². The minimum atomic E-state index is -0.170. The summed E-state index contributed by atoms with van der Waals surface area (Å²) in [6.07, 6.45) is 9.28. The van der Waals surface area contributed by atoms with E-state index in [1.165, 1.54) is 6.33 Å². The van der Waals surface area contributed by atoms with Gasteiger partial charge in [-0.1, -0.05) is 36.4 Å². The Morgan fingerprint density at radius 3 is 2.55 bits per heavy atom. The third-order valence-electron chi connectivity index (χ3n) is 7.22. The lowest BCUT2D eigenvalue weighted by Gasteiger charge is -2.34. The second-order valence-electron chi connectivity index (χ2n) is 9.90. The quantitative estimate of drug-likeness (QED) is 0.263. The van der Waals surface area contributed by atoms with Crippen LogP contribution in [0, 0.1) is 12.5 Å². The highest BCUT2D eigenvalue weighted by Crippen LogP contribution is 2.37. The first-order chi connectivity index (χ1) is 18.6. The van der Waals surface area contributed by atoms with Gasteiger partial charge in [0.15, 0.2) is 0 Å². The van der Waals surface area contributed by atoms with E-state index in [1.807, 2.05) is 65.6 Å². The molecule has 6 rings (SSSR count). The van der Waals surface area contributed by atoms with E-state index in [1.54, 1.807) is 0 Å². The molecule has 2 aliphatic rings. The Morgan fingerprint density at radius 2 is 1.82 bits per heavy atom. The third kappa shape index (κ3) is 4.71. The van der Waals surface area contributed by atoms with Gasteiger partial charge < -0.3 is 19.9 Å². The van der Waals surface area contributed by atoms with Crippen molar-refractivity contribution in [2.24, 2.45) is 5.92 Å². The van der Waals surface area contributed by atoms with Gasteiger partial charge in [-0.15, -0.1) is 0 Å². The number of amides is 1. The van der Waals surface area contributed by atoms with Crippen LogP contribution in [0.15, 0.2) is 78.9 Å². The summed E-state index contributed by atoms with van der Waals surface area (Å²) in [6.45, 7) is 8.69. The molecule has 2 aromatic carbocycles. The molecular weight excluding hydrogens is 476 g/mol. The van der Waals surface area contributed by atoms with E-state index in [0.717, 1.165) is 59.3 Å². The fourth-order valence-electron chi connectivity index (χ4n) is 5.10. The van der Waals surface area contributed by atoms with E-state index in [9.17, 15) is 4.79 Å². The van der Waals surface area contributed by atoms with Crippen molar-refractivity contribution in [1.82, 2.24) is 19.4 Å². The van der Waals surface area contributed by atoms with E-state index < -0.39 is 0 Å². The van der Waals surface area contributed by atoms with Crippen molar-refractivity contribution in [1.29, 1.82) is 0 Å². The van der Waals surface area contributed by atoms with E-state index in [2.05, 4.69) is 25.6 Å². The SMILES string of the molecule is [C-]#[N+]/C(=C/C1CC1)C(=O)N1CCCC(n2cc(-c3ccc(Oc4ccccc4)cc3)c3c(N)ncnc32)C1. The van der Waals surface area contributed by atoms with Crippen LogP contribution >= 0.6 is 0 Å². The molecule has 1 aliphatic carbocycles. The Hall–Kier alpha value is -4.64. The second kappa shape index (κ2) is 10.0. The molecule has 190 valence electrons. The first-order valence-corrected chi connectivity index (χ1v) is 12.9. The van der Waals surface area contributed by atoms with Gasteiger partial charge in [-0.25, -0.2) is 14.8 Å². The van der Waals surface area contributed by atoms with Crippen LogP contribution in [0.2, 0.25) is 0 Å². The van der Waals surface area contributed by atoms with E-state index in [0.29, 0.717) is 24.8 Å². The molecular formula is C30H28N6O2. The van der Waals surface area contributed by atoms with E-state index in [4.69, 9.17) is 17.0 Å². The average molecular weight is 505 g/mol. The maximum absolute atomic E-state index is 13.2. The van der Waals surface area contributed by atoms with Crippen LogP contribution in [0.25, 0.3) is 27.0 Å². The first-order valence-electron chi connectivity index (χ1n) is 12.9. The number of carbonyl (C=O) groups is 1. The van der Waals surface area contributed by atoms with Crippen LogP contribution < -0.4 is 10.5 Å². The highest BCUT2D eigenvalue weighted by molar-refractivity contribution is 6.00. The van der Waals surface area contributed by atoms with Crippen molar-refractivity contribution >= 4 is 22.8 Å². The molecule has 2 aromatic heterocycles. The zero-order valence-corrected chi connectivity index (χ0v) is 21.0. The molecule has 1 saturated heterocycles. The lowest BCUT2D eigenvalue weighted by molar-refractivity contribution is -0.128. The number of nitrogen functional groups attached to an aromatic ring is 1. The number of fused-ring (bicyclic) bond motifs is 1. The van der Waals surface area contributed by atoms with Crippen LogP contribution in [-0.2, 0) is 4.79 Å². The number of allylic oxidation sites excluding steroid dienone is 1. The molecule has 3 heterocycles. The molecule has 1 atom stereocenters. The number of anilines is 1. The fourth-order valence-corrected chi connectivity index (χ4v) is 5.10. The molecule has 4 aromatic rings. The lowest BCUT2D eigenvalue weighted by Crippen LogP contribution is -2.41. The normalized spacial score (nSPS) is 17.8. The van der Waals surface area contributed by atoms with Crippen LogP contribution in [0.3, 0.4) is 0 Å². The van der Waals surface area contributed by atoms with Gasteiger partial charge in [-0.05, 0) is 61.4 Å². The fraction of sp³-hybridized carbons (Fsp3) is 0.267. The Labute approximate surface area is 221 Å². The minimum Gasteiger partial charge on any atom is -0.457 e. The molecule has 0 spiro atoms. The molecule has 8 nitrogen and oxygen atoms in total. The third-order valence-corrected chi connectivity index (χ3v) is 7.22. The number of rotatable bonds is 6. The van der Waals surface area contributed by atoms with Gasteiger partial charge in [0.05, 0.1) is 18.0 Å². The lowest BCUT2D eigenvalue weighted by atomic mass is 10.0. The van der Waals surface area contributed by atoms with Crippen molar-refractivity contribution in [3.63, 3.8) is 0 Å². The average Bonchev–Trinajstić information content (AvgIpc) is 3.69. The van der Waals surface area contributed by atoms with E-state index in [-0.39, 0.29) is 17.6 Å². The van der Waals surface area contributed by atoms with Crippen molar-refractivity contribution < 1.29 is 9.53 Å². The van der Waals surface area contributed by atoms with Crippen molar-refractivity contribution in [2.75, 3.05) is 18.8 Å². The Morgan fingerprint density at radius 1 is 1.05 bits per heavy atom. The number of hydrogen-bond acceptors (Lipinski definition) is 5. The molecule has 38 heavy (non-hydrogen) atoms. The summed E-state index contributed by atoms with van der Waals surface area (Å²) in [4.78, 5) is 27.4. The number of ether oxygens (including phenoxy) is 1. The van der Waals surface area contributed by atoms with Gasteiger partial charge in [-0.2, -0.15) is 0 Å². The second-order valence-corrected chi connectivity index (χ2v) is 9.90. The molecule has 0 bridgehead atoms. The number of piperidine rings is 1. The Balaban J connectivity index is 1.30. The smallest absolute Gasteiger partial charge is 0.252 e. The molecule has 1 saturated carbocycles. The van der Waals surface area contributed by atoms with Gasteiger partial charge in [0.25, 0.3) is 5.91 Å². The number of carbonyl (C=O) groups excluding carboxylic acids is 1. The van der Waals surface area contributed by atoms with Crippen molar-refractivity contribution in [3.05, 3.63) is 90.3 Å². The Bertz CT molecular complexity index is 1550. The predicted octanol–water partition coefficient (Wildman–Crippen LogP) is 5.85. The number of likely N-dealkylation sites (tertiary alicyclic amines) is 1. The number of aromatic nitrogens is 3. The van der Waals surface area contributed by atoms with Gasteiger partial charge >= 0.3 is 0 Å². The van der Waals surface area contributed by atoms with Crippen molar-refractivity contribution in [3.8, 4) is 22.6 Å². The molecule has 1 amide bonds.